The molecule has 2 unspecified atom stereocenters. The Morgan fingerprint density at radius 1 is 1.40 bits per heavy atom. The topological polar surface area (TPSA) is 83.3 Å². The van der Waals surface area contributed by atoms with Gasteiger partial charge in [0, 0.05) is 38.1 Å². The first kappa shape index (κ1) is 25.3. The SMILES string of the molecule is C=C(/C=C(/NCc1cccnc1)n1ncc(Br)c1C)C1CCCN(S(=O)c2ccc(O)cc2F)C1. The Bertz CT molecular complexity index is 1260. The number of rotatable bonds is 8. The van der Waals surface area contributed by atoms with Gasteiger partial charge in [-0.05, 0) is 77.0 Å². The number of benzene rings is 1. The molecule has 1 saturated heterocycles. The van der Waals surface area contributed by atoms with Crippen LogP contribution in [-0.2, 0) is 17.5 Å². The van der Waals surface area contributed by atoms with Crippen LogP contribution in [0, 0.1) is 18.7 Å². The maximum absolute atomic E-state index is 14.3. The van der Waals surface area contributed by atoms with E-state index in [0.717, 1.165) is 46.0 Å². The molecular formula is C25H27BrFN5O2S. The van der Waals surface area contributed by atoms with Crippen LogP contribution in [0.4, 0.5) is 4.39 Å². The van der Waals surface area contributed by atoms with Crippen molar-refractivity contribution in [3.63, 3.8) is 0 Å². The molecule has 0 amide bonds. The van der Waals surface area contributed by atoms with Crippen LogP contribution in [-0.4, -0.2) is 41.5 Å². The van der Waals surface area contributed by atoms with Crippen LogP contribution in [0.1, 0.15) is 24.1 Å². The third-order valence-corrected chi connectivity index (χ3v) is 8.23. The monoisotopic (exact) mass is 559 g/mol. The molecule has 1 aromatic carbocycles. The predicted octanol–water partition coefficient (Wildman–Crippen LogP) is 4.77. The molecule has 2 aromatic heterocycles. The number of nitrogens with zero attached hydrogens (tertiary/aromatic N) is 4. The average Bonchev–Trinajstić information content (AvgIpc) is 3.20. The Labute approximate surface area is 215 Å². The summed E-state index contributed by atoms with van der Waals surface area (Å²) in [5.74, 6) is -0.0526. The van der Waals surface area contributed by atoms with Gasteiger partial charge in [0.05, 0.1) is 21.3 Å². The van der Waals surface area contributed by atoms with Crippen molar-refractivity contribution in [3.8, 4) is 5.75 Å². The van der Waals surface area contributed by atoms with Gasteiger partial charge in [0.15, 0.2) is 0 Å². The summed E-state index contributed by atoms with van der Waals surface area (Å²) in [6.45, 7) is 7.93. The smallest absolute Gasteiger partial charge is 0.144 e. The van der Waals surface area contributed by atoms with Crippen molar-refractivity contribution in [2.45, 2.75) is 31.2 Å². The fourth-order valence-electron chi connectivity index (χ4n) is 3.97. The van der Waals surface area contributed by atoms with E-state index >= 15 is 0 Å². The number of halogens is 2. The molecule has 4 rings (SSSR count). The zero-order valence-corrected chi connectivity index (χ0v) is 21.7. The maximum atomic E-state index is 14.3. The summed E-state index contributed by atoms with van der Waals surface area (Å²) in [7, 11) is -1.67. The molecule has 3 aromatic rings. The molecule has 2 atom stereocenters. The van der Waals surface area contributed by atoms with E-state index in [2.05, 4.69) is 37.9 Å². The Balaban J connectivity index is 1.53. The highest BCUT2D eigenvalue weighted by molar-refractivity contribution is 9.10. The Morgan fingerprint density at radius 2 is 2.23 bits per heavy atom. The van der Waals surface area contributed by atoms with Gasteiger partial charge in [-0.25, -0.2) is 17.6 Å². The highest BCUT2D eigenvalue weighted by Crippen LogP contribution is 2.29. The van der Waals surface area contributed by atoms with Crippen LogP contribution in [0.3, 0.4) is 0 Å². The number of hydrogen-bond donors (Lipinski definition) is 2. The fraction of sp³-hybridized carbons (Fsp3) is 0.280. The van der Waals surface area contributed by atoms with Crippen molar-refractivity contribution >= 4 is 32.7 Å². The number of allylic oxidation sites excluding steroid dienone is 1. The minimum absolute atomic E-state index is 0.0439. The van der Waals surface area contributed by atoms with Crippen LogP contribution >= 0.6 is 15.9 Å². The third kappa shape index (κ3) is 6.06. The van der Waals surface area contributed by atoms with Gasteiger partial charge in [0.2, 0.25) is 0 Å². The van der Waals surface area contributed by atoms with Gasteiger partial charge in [-0.1, -0.05) is 12.6 Å². The number of phenols is 1. The number of piperidine rings is 1. The molecule has 0 saturated carbocycles. The van der Waals surface area contributed by atoms with Gasteiger partial charge in [0.1, 0.15) is 28.4 Å². The second-order valence-corrected chi connectivity index (χ2v) is 10.7. The quantitative estimate of drug-likeness (QED) is 0.388. The summed E-state index contributed by atoms with van der Waals surface area (Å²) >= 11 is 3.52. The first-order valence-corrected chi connectivity index (χ1v) is 13.1. The number of nitrogens with one attached hydrogen (secondary N) is 1. The summed E-state index contributed by atoms with van der Waals surface area (Å²) in [4.78, 5) is 4.24. The Kier molecular flexibility index (Phi) is 8.15. The predicted molar refractivity (Wildman–Crippen MR) is 138 cm³/mol. The number of phenolic OH excluding ortho intramolecular Hbond substituents is 1. The van der Waals surface area contributed by atoms with Crippen LogP contribution in [0.15, 0.2) is 76.5 Å². The van der Waals surface area contributed by atoms with Gasteiger partial charge in [-0.15, -0.1) is 0 Å². The second kappa shape index (κ2) is 11.3. The normalized spacial score (nSPS) is 17.8. The molecule has 1 fully saturated rings. The lowest BCUT2D eigenvalue weighted by Gasteiger charge is -2.32. The van der Waals surface area contributed by atoms with Crippen molar-refractivity contribution in [1.29, 1.82) is 0 Å². The summed E-state index contributed by atoms with van der Waals surface area (Å²) in [5, 5.41) is 17.4. The molecule has 184 valence electrons. The molecule has 0 radical (unpaired) electrons. The van der Waals surface area contributed by atoms with Gasteiger partial charge in [0.25, 0.3) is 0 Å². The maximum Gasteiger partial charge on any atom is 0.144 e. The Hall–Kier alpha value is -2.82. The van der Waals surface area contributed by atoms with Crippen molar-refractivity contribution < 1.29 is 13.7 Å². The first-order chi connectivity index (χ1) is 16.8. The number of pyridine rings is 1. The molecule has 35 heavy (non-hydrogen) atoms. The molecule has 0 spiro atoms. The third-order valence-electron chi connectivity index (χ3n) is 5.94. The molecule has 0 bridgehead atoms. The summed E-state index contributed by atoms with van der Waals surface area (Å²) in [6.07, 6.45) is 8.96. The fourth-order valence-corrected chi connectivity index (χ4v) is 5.53. The largest absolute Gasteiger partial charge is 0.508 e. The zero-order chi connectivity index (χ0) is 24.9. The number of aromatic hydroxyl groups is 1. The molecule has 1 aliphatic heterocycles. The van der Waals surface area contributed by atoms with E-state index in [1.807, 2.05) is 36.0 Å². The molecule has 3 heterocycles. The number of aromatic nitrogens is 3. The summed E-state index contributed by atoms with van der Waals surface area (Å²) in [5.41, 5.74) is 2.84. The highest BCUT2D eigenvalue weighted by Gasteiger charge is 2.27. The van der Waals surface area contributed by atoms with Crippen LogP contribution < -0.4 is 5.32 Å². The van der Waals surface area contributed by atoms with Gasteiger partial charge in [-0.2, -0.15) is 5.10 Å². The van der Waals surface area contributed by atoms with Gasteiger partial charge in [-0.3, -0.25) is 4.98 Å². The lowest BCUT2D eigenvalue weighted by atomic mass is 9.92. The van der Waals surface area contributed by atoms with Crippen molar-refractivity contribution in [3.05, 3.63) is 88.7 Å². The minimum Gasteiger partial charge on any atom is -0.508 e. The molecule has 1 aliphatic rings. The van der Waals surface area contributed by atoms with Crippen LogP contribution in [0.2, 0.25) is 0 Å². The molecule has 2 N–H and O–H groups in total. The zero-order valence-electron chi connectivity index (χ0n) is 19.3. The van der Waals surface area contributed by atoms with E-state index in [1.54, 1.807) is 16.7 Å². The standard InChI is InChI=1S/C25H27BrFN5O2S/c1-17(20-6-4-10-31(16-20)35(34)24-8-7-21(33)12-23(24)27)11-25(32-18(2)22(26)15-30-32)29-14-19-5-3-9-28-13-19/h3,5,7-9,11-13,15,20,29,33H,1,4,6,10,14,16H2,2H3/b25-11-. The first-order valence-electron chi connectivity index (χ1n) is 11.2. The lowest BCUT2D eigenvalue weighted by Crippen LogP contribution is -2.37. The van der Waals surface area contributed by atoms with Crippen molar-refractivity contribution in [2.24, 2.45) is 5.92 Å². The summed E-state index contributed by atoms with van der Waals surface area (Å²) < 4.78 is 31.9. The highest BCUT2D eigenvalue weighted by atomic mass is 79.9. The van der Waals surface area contributed by atoms with Crippen molar-refractivity contribution in [1.82, 2.24) is 24.4 Å². The molecule has 0 aliphatic carbocycles. The minimum atomic E-state index is -1.67. The molecular weight excluding hydrogens is 533 g/mol. The second-order valence-electron chi connectivity index (χ2n) is 8.40. The van der Waals surface area contributed by atoms with E-state index in [1.165, 1.54) is 12.1 Å². The van der Waals surface area contributed by atoms with Gasteiger partial charge < -0.3 is 10.4 Å². The van der Waals surface area contributed by atoms with Crippen LogP contribution in [0.25, 0.3) is 5.82 Å². The van der Waals surface area contributed by atoms with E-state index in [0.29, 0.717) is 19.6 Å². The van der Waals surface area contributed by atoms with E-state index in [4.69, 9.17) is 0 Å². The van der Waals surface area contributed by atoms with Gasteiger partial charge >= 0.3 is 0 Å². The molecule has 7 nitrogen and oxygen atoms in total. The van der Waals surface area contributed by atoms with Crippen LogP contribution in [0.5, 0.6) is 5.75 Å². The average molecular weight is 560 g/mol. The molecule has 10 heteroatoms. The van der Waals surface area contributed by atoms with E-state index < -0.39 is 16.8 Å². The van der Waals surface area contributed by atoms with E-state index in [-0.39, 0.29) is 16.6 Å². The lowest BCUT2D eigenvalue weighted by molar-refractivity contribution is 0.307. The Morgan fingerprint density at radius 3 is 2.91 bits per heavy atom. The summed E-state index contributed by atoms with van der Waals surface area (Å²) in [6, 6.07) is 7.60. The number of hydrogen-bond acceptors (Lipinski definition) is 5. The van der Waals surface area contributed by atoms with E-state index in [9.17, 15) is 13.7 Å². The van der Waals surface area contributed by atoms with Crippen molar-refractivity contribution in [2.75, 3.05) is 13.1 Å².